The van der Waals surface area contributed by atoms with E-state index in [1.54, 1.807) is 24.3 Å². The number of carbonyl (C=O) groups is 1. The maximum Gasteiger partial charge on any atom is 0.335 e. The van der Waals surface area contributed by atoms with Crippen LogP contribution in [-0.2, 0) is 6.42 Å². The van der Waals surface area contributed by atoms with Crippen LogP contribution >= 0.6 is 0 Å². The number of fused-ring (bicyclic) bond motifs is 1. The van der Waals surface area contributed by atoms with E-state index in [0.29, 0.717) is 30.2 Å². The van der Waals surface area contributed by atoms with Crippen molar-refractivity contribution in [1.82, 2.24) is 15.0 Å². The minimum Gasteiger partial charge on any atom is -0.478 e. The highest BCUT2D eigenvalue weighted by Crippen LogP contribution is 2.23. The lowest BCUT2D eigenvalue weighted by Crippen LogP contribution is -2.07. The SMILES string of the molecule is N#Cc1[nH]c2ccccc2c1CCNc1cc(-c2ccc(C(=O)O)cc2)ncn1. The monoisotopic (exact) mass is 383 g/mol. The number of hydrogen-bond donors (Lipinski definition) is 3. The van der Waals surface area contributed by atoms with Crippen LogP contribution in [0.15, 0.2) is 60.9 Å². The first-order valence-corrected chi connectivity index (χ1v) is 9.05. The second-order valence-corrected chi connectivity index (χ2v) is 6.48. The number of nitriles is 1. The fraction of sp³-hybridized carbons (Fsp3) is 0.0909. The predicted octanol–water partition coefficient (Wildman–Crippen LogP) is 3.85. The average Bonchev–Trinajstić information content (AvgIpc) is 3.12. The number of carboxylic acids is 1. The van der Waals surface area contributed by atoms with Crippen LogP contribution in [0.2, 0.25) is 0 Å². The summed E-state index contributed by atoms with van der Waals surface area (Å²) in [5.41, 5.74) is 4.25. The Bertz CT molecular complexity index is 1220. The molecule has 0 fully saturated rings. The average molecular weight is 383 g/mol. The fourth-order valence-corrected chi connectivity index (χ4v) is 3.27. The summed E-state index contributed by atoms with van der Waals surface area (Å²) >= 11 is 0. The minimum atomic E-state index is -0.962. The number of aromatic carboxylic acids is 1. The zero-order valence-corrected chi connectivity index (χ0v) is 15.4. The summed E-state index contributed by atoms with van der Waals surface area (Å²) in [5, 5.41) is 22.7. The van der Waals surface area contributed by atoms with E-state index in [2.05, 4.69) is 26.3 Å². The normalized spacial score (nSPS) is 10.6. The first kappa shape index (κ1) is 18.2. The van der Waals surface area contributed by atoms with Gasteiger partial charge in [0.1, 0.15) is 23.9 Å². The molecular weight excluding hydrogens is 366 g/mol. The molecule has 142 valence electrons. The van der Waals surface area contributed by atoms with Gasteiger partial charge >= 0.3 is 5.97 Å². The van der Waals surface area contributed by atoms with Crippen molar-refractivity contribution in [2.45, 2.75) is 6.42 Å². The standard InChI is InChI=1S/C22H17N5O2/c23-12-20-17(16-3-1-2-4-18(16)27-20)9-10-24-21-11-19(25-13-26-21)14-5-7-15(8-6-14)22(28)29/h1-8,11,13,27H,9-10H2,(H,28,29)(H,24,25,26). The first-order valence-electron chi connectivity index (χ1n) is 9.05. The molecule has 0 saturated carbocycles. The van der Waals surface area contributed by atoms with Crippen molar-refractivity contribution in [1.29, 1.82) is 5.26 Å². The Labute approximate surface area is 166 Å². The second kappa shape index (κ2) is 7.82. The minimum absolute atomic E-state index is 0.230. The molecule has 0 unspecified atom stereocenters. The molecule has 0 aliphatic carbocycles. The van der Waals surface area contributed by atoms with Gasteiger partial charge in [0, 0.05) is 29.1 Å². The lowest BCUT2D eigenvalue weighted by molar-refractivity contribution is 0.0697. The molecule has 0 aliphatic rings. The summed E-state index contributed by atoms with van der Waals surface area (Å²) in [6.07, 6.45) is 2.13. The number of carboxylic acid groups (broad SMARTS) is 1. The second-order valence-electron chi connectivity index (χ2n) is 6.48. The number of anilines is 1. The molecule has 2 aromatic heterocycles. The molecule has 2 heterocycles. The number of nitrogens with zero attached hydrogens (tertiary/aromatic N) is 3. The van der Waals surface area contributed by atoms with Gasteiger partial charge in [0.2, 0.25) is 0 Å². The van der Waals surface area contributed by atoms with E-state index < -0.39 is 5.97 Å². The van der Waals surface area contributed by atoms with Gasteiger partial charge in [0.15, 0.2) is 0 Å². The van der Waals surface area contributed by atoms with E-state index in [-0.39, 0.29) is 5.56 Å². The van der Waals surface area contributed by atoms with Crippen LogP contribution in [0.4, 0.5) is 5.82 Å². The Kier molecular flexibility index (Phi) is 4.91. The summed E-state index contributed by atoms with van der Waals surface area (Å²) in [7, 11) is 0. The van der Waals surface area contributed by atoms with Crippen molar-refractivity contribution in [3.8, 4) is 17.3 Å². The Morgan fingerprint density at radius 1 is 1.14 bits per heavy atom. The summed E-state index contributed by atoms with van der Waals surface area (Å²) in [6, 6.07) is 18.4. The molecule has 0 bridgehead atoms. The molecular formula is C22H17N5O2. The number of aromatic amines is 1. The molecule has 4 aromatic rings. The molecule has 2 aromatic carbocycles. The molecule has 0 amide bonds. The zero-order chi connectivity index (χ0) is 20.2. The van der Waals surface area contributed by atoms with Gasteiger partial charge in [-0.05, 0) is 30.2 Å². The highest BCUT2D eigenvalue weighted by atomic mass is 16.4. The number of nitrogens with one attached hydrogen (secondary N) is 2. The van der Waals surface area contributed by atoms with Gasteiger partial charge in [-0.25, -0.2) is 14.8 Å². The molecule has 29 heavy (non-hydrogen) atoms. The van der Waals surface area contributed by atoms with Gasteiger partial charge in [-0.3, -0.25) is 0 Å². The largest absolute Gasteiger partial charge is 0.478 e. The smallest absolute Gasteiger partial charge is 0.335 e. The molecule has 0 aliphatic heterocycles. The van der Waals surface area contributed by atoms with Crippen LogP contribution in [-0.4, -0.2) is 32.6 Å². The molecule has 0 radical (unpaired) electrons. The van der Waals surface area contributed by atoms with Crippen LogP contribution in [0, 0.1) is 11.3 Å². The van der Waals surface area contributed by atoms with E-state index in [0.717, 1.165) is 22.0 Å². The third-order valence-electron chi connectivity index (χ3n) is 4.70. The number of benzene rings is 2. The topological polar surface area (TPSA) is 115 Å². The molecule has 0 saturated heterocycles. The van der Waals surface area contributed by atoms with Gasteiger partial charge in [-0.1, -0.05) is 30.3 Å². The Morgan fingerprint density at radius 2 is 1.93 bits per heavy atom. The summed E-state index contributed by atoms with van der Waals surface area (Å²) in [6.45, 7) is 0.602. The van der Waals surface area contributed by atoms with Crippen molar-refractivity contribution in [3.63, 3.8) is 0 Å². The molecule has 7 nitrogen and oxygen atoms in total. The van der Waals surface area contributed by atoms with Crippen LogP contribution in [0.5, 0.6) is 0 Å². The van der Waals surface area contributed by atoms with E-state index >= 15 is 0 Å². The molecule has 0 spiro atoms. The van der Waals surface area contributed by atoms with Crippen LogP contribution < -0.4 is 5.32 Å². The maximum atomic E-state index is 11.0. The lowest BCUT2D eigenvalue weighted by Gasteiger charge is -2.07. The maximum absolute atomic E-state index is 11.0. The van der Waals surface area contributed by atoms with Crippen molar-refractivity contribution < 1.29 is 9.90 Å². The number of aromatic nitrogens is 3. The van der Waals surface area contributed by atoms with E-state index in [9.17, 15) is 10.1 Å². The third-order valence-corrected chi connectivity index (χ3v) is 4.70. The zero-order valence-electron chi connectivity index (χ0n) is 15.4. The van der Waals surface area contributed by atoms with Crippen molar-refractivity contribution in [3.05, 3.63) is 77.7 Å². The molecule has 4 rings (SSSR count). The summed E-state index contributed by atoms with van der Waals surface area (Å²) in [5.74, 6) is -0.300. The third kappa shape index (κ3) is 3.77. The summed E-state index contributed by atoms with van der Waals surface area (Å²) in [4.78, 5) is 22.6. The molecule has 3 N–H and O–H groups in total. The van der Waals surface area contributed by atoms with Crippen LogP contribution in [0.1, 0.15) is 21.6 Å². The fourth-order valence-electron chi connectivity index (χ4n) is 3.27. The first-order chi connectivity index (χ1) is 14.2. The lowest BCUT2D eigenvalue weighted by atomic mass is 10.1. The highest BCUT2D eigenvalue weighted by Gasteiger charge is 2.11. The quantitative estimate of drug-likeness (QED) is 0.466. The number of para-hydroxylation sites is 1. The summed E-state index contributed by atoms with van der Waals surface area (Å²) < 4.78 is 0. The van der Waals surface area contributed by atoms with Crippen molar-refractivity contribution in [2.75, 3.05) is 11.9 Å². The van der Waals surface area contributed by atoms with Gasteiger partial charge < -0.3 is 15.4 Å². The Balaban J connectivity index is 1.48. The number of hydrogen-bond acceptors (Lipinski definition) is 5. The van der Waals surface area contributed by atoms with Crippen molar-refractivity contribution >= 4 is 22.7 Å². The van der Waals surface area contributed by atoms with Gasteiger partial charge in [-0.15, -0.1) is 0 Å². The van der Waals surface area contributed by atoms with Gasteiger partial charge in [0.05, 0.1) is 11.3 Å². The van der Waals surface area contributed by atoms with E-state index in [1.807, 2.05) is 30.3 Å². The predicted molar refractivity (Wildman–Crippen MR) is 110 cm³/mol. The van der Waals surface area contributed by atoms with Crippen molar-refractivity contribution in [2.24, 2.45) is 0 Å². The van der Waals surface area contributed by atoms with E-state index in [4.69, 9.17) is 5.11 Å². The van der Waals surface area contributed by atoms with Gasteiger partial charge in [0.25, 0.3) is 0 Å². The molecule has 7 heteroatoms. The highest BCUT2D eigenvalue weighted by molar-refractivity contribution is 5.88. The van der Waals surface area contributed by atoms with Gasteiger partial charge in [-0.2, -0.15) is 5.26 Å². The molecule has 0 atom stereocenters. The Morgan fingerprint density at radius 3 is 2.69 bits per heavy atom. The van der Waals surface area contributed by atoms with Crippen LogP contribution in [0.3, 0.4) is 0 Å². The van der Waals surface area contributed by atoms with E-state index in [1.165, 1.54) is 6.33 Å². The van der Waals surface area contributed by atoms with Crippen LogP contribution in [0.25, 0.3) is 22.2 Å². The number of H-pyrrole nitrogens is 1. The Hall–Kier alpha value is -4.18. The number of rotatable bonds is 6.